The van der Waals surface area contributed by atoms with E-state index >= 15 is 0 Å². The summed E-state index contributed by atoms with van der Waals surface area (Å²) in [4.78, 5) is 21.1. The van der Waals surface area contributed by atoms with E-state index in [-0.39, 0.29) is 0 Å². The Balaban J connectivity index is 2.43. The third-order valence-corrected chi connectivity index (χ3v) is 1.68. The number of aliphatic carboxylic acids is 1. The summed E-state index contributed by atoms with van der Waals surface area (Å²) in [5.74, 6) is -1.63. The molecule has 0 saturated heterocycles. The molecule has 0 atom stereocenters. The highest BCUT2D eigenvalue weighted by molar-refractivity contribution is 5.94. The Morgan fingerprint density at radius 3 is 2.44 bits per heavy atom. The molecule has 4 heteroatoms. The van der Waals surface area contributed by atoms with E-state index in [0.29, 0.717) is 0 Å². The molecular weight excluding hydrogens is 206 g/mol. The van der Waals surface area contributed by atoms with Gasteiger partial charge in [-0.1, -0.05) is 30.3 Å². The normalized spacial score (nSPS) is 10.8. The lowest BCUT2D eigenvalue weighted by Crippen LogP contribution is -2.13. The Bertz CT molecular complexity index is 421. The zero-order valence-electron chi connectivity index (χ0n) is 8.46. The molecule has 1 aromatic carbocycles. The van der Waals surface area contributed by atoms with E-state index < -0.39 is 11.9 Å². The summed E-state index contributed by atoms with van der Waals surface area (Å²) < 4.78 is 0. The van der Waals surface area contributed by atoms with Crippen LogP contribution in [0.3, 0.4) is 0 Å². The molecule has 0 aromatic heterocycles. The van der Waals surface area contributed by atoms with Gasteiger partial charge in [0.05, 0.1) is 0 Å². The first-order valence-corrected chi connectivity index (χ1v) is 4.61. The fraction of sp³-hybridized carbons (Fsp3) is 0. The SMILES string of the molecule is O=C(O)/C=C\C(=O)NC=Cc1ccccc1. The van der Waals surface area contributed by atoms with Crippen molar-refractivity contribution < 1.29 is 14.7 Å². The standard InChI is InChI=1S/C12H11NO3/c14-11(6-7-12(15)16)13-9-8-10-4-2-1-3-5-10/h1-9H,(H,13,14)(H,15,16)/b7-6-,9-8?. The lowest BCUT2D eigenvalue weighted by atomic mass is 10.2. The summed E-state index contributed by atoms with van der Waals surface area (Å²) in [6.07, 6.45) is 4.92. The zero-order valence-corrected chi connectivity index (χ0v) is 8.46. The maximum atomic E-state index is 11.0. The number of nitrogens with one attached hydrogen (secondary N) is 1. The summed E-state index contributed by atoms with van der Waals surface area (Å²) in [5, 5.41) is 10.7. The number of carbonyl (C=O) groups is 2. The van der Waals surface area contributed by atoms with Gasteiger partial charge in [0, 0.05) is 18.4 Å². The van der Waals surface area contributed by atoms with Crippen LogP contribution in [0.4, 0.5) is 0 Å². The minimum absolute atomic E-state index is 0.477. The van der Waals surface area contributed by atoms with E-state index in [2.05, 4.69) is 5.32 Å². The fourth-order valence-corrected chi connectivity index (χ4v) is 0.979. The van der Waals surface area contributed by atoms with E-state index in [4.69, 9.17) is 5.11 Å². The van der Waals surface area contributed by atoms with Crippen molar-refractivity contribution in [1.82, 2.24) is 5.32 Å². The van der Waals surface area contributed by atoms with Crippen LogP contribution in [-0.4, -0.2) is 17.0 Å². The van der Waals surface area contributed by atoms with E-state index in [9.17, 15) is 9.59 Å². The van der Waals surface area contributed by atoms with Gasteiger partial charge in [-0.05, 0) is 11.6 Å². The number of carboxylic acid groups (broad SMARTS) is 1. The van der Waals surface area contributed by atoms with Crippen LogP contribution in [0, 0.1) is 0 Å². The van der Waals surface area contributed by atoms with Crippen LogP contribution < -0.4 is 5.32 Å². The first kappa shape index (κ1) is 11.7. The van der Waals surface area contributed by atoms with Gasteiger partial charge in [-0.15, -0.1) is 0 Å². The van der Waals surface area contributed by atoms with Crippen LogP contribution in [0.25, 0.3) is 6.08 Å². The van der Waals surface area contributed by atoms with Crippen molar-refractivity contribution >= 4 is 18.0 Å². The Hall–Kier alpha value is -2.36. The van der Waals surface area contributed by atoms with Crippen molar-refractivity contribution in [2.45, 2.75) is 0 Å². The molecule has 0 bridgehead atoms. The lowest BCUT2D eigenvalue weighted by Gasteiger charge is -1.93. The predicted molar refractivity (Wildman–Crippen MR) is 60.4 cm³/mol. The Kier molecular flexibility index (Phi) is 4.53. The minimum Gasteiger partial charge on any atom is -0.478 e. The summed E-state index contributed by atoms with van der Waals surface area (Å²) in [6.45, 7) is 0. The van der Waals surface area contributed by atoms with Crippen molar-refractivity contribution in [3.05, 3.63) is 54.2 Å². The number of benzene rings is 1. The molecule has 0 radical (unpaired) electrons. The van der Waals surface area contributed by atoms with Gasteiger partial charge in [-0.25, -0.2) is 4.79 Å². The number of amides is 1. The van der Waals surface area contributed by atoms with Gasteiger partial charge in [0.1, 0.15) is 0 Å². The first-order chi connectivity index (χ1) is 7.68. The van der Waals surface area contributed by atoms with Gasteiger partial charge in [0.25, 0.3) is 0 Å². The fourth-order valence-electron chi connectivity index (χ4n) is 0.979. The summed E-state index contributed by atoms with van der Waals surface area (Å²) in [7, 11) is 0. The smallest absolute Gasteiger partial charge is 0.328 e. The molecule has 0 aliphatic rings. The molecule has 0 aliphatic heterocycles. The maximum Gasteiger partial charge on any atom is 0.328 e. The summed E-state index contributed by atoms with van der Waals surface area (Å²) in [5.41, 5.74) is 0.949. The molecule has 0 spiro atoms. The number of hydrogen-bond acceptors (Lipinski definition) is 2. The molecule has 0 heterocycles. The molecule has 4 nitrogen and oxygen atoms in total. The predicted octanol–water partition coefficient (Wildman–Crippen LogP) is 1.41. The van der Waals surface area contributed by atoms with Crippen molar-refractivity contribution in [3.8, 4) is 0 Å². The molecule has 1 rings (SSSR count). The lowest BCUT2D eigenvalue weighted by molar-refractivity contribution is -0.131. The molecule has 1 amide bonds. The second kappa shape index (κ2) is 6.19. The molecule has 0 aliphatic carbocycles. The minimum atomic E-state index is -1.15. The molecule has 0 saturated carbocycles. The quantitative estimate of drug-likeness (QED) is 0.749. The van der Waals surface area contributed by atoms with E-state index in [0.717, 1.165) is 17.7 Å². The first-order valence-electron chi connectivity index (χ1n) is 4.61. The van der Waals surface area contributed by atoms with Crippen molar-refractivity contribution in [1.29, 1.82) is 0 Å². The molecule has 16 heavy (non-hydrogen) atoms. The topological polar surface area (TPSA) is 66.4 Å². The largest absolute Gasteiger partial charge is 0.478 e. The molecule has 1 aromatic rings. The second-order valence-electron chi connectivity index (χ2n) is 2.92. The molecule has 0 fully saturated rings. The third-order valence-electron chi connectivity index (χ3n) is 1.68. The highest BCUT2D eigenvalue weighted by atomic mass is 16.4. The highest BCUT2D eigenvalue weighted by Gasteiger charge is 1.92. The van der Waals surface area contributed by atoms with Crippen LogP contribution in [-0.2, 0) is 9.59 Å². The zero-order chi connectivity index (χ0) is 11.8. The number of carboxylic acids is 1. The van der Waals surface area contributed by atoms with Crippen LogP contribution in [0.5, 0.6) is 0 Å². The maximum absolute atomic E-state index is 11.0. The van der Waals surface area contributed by atoms with E-state index in [1.165, 1.54) is 6.20 Å². The Morgan fingerprint density at radius 2 is 1.81 bits per heavy atom. The van der Waals surface area contributed by atoms with Crippen LogP contribution in [0.2, 0.25) is 0 Å². The molecular formula is C12H11NO3. The van der Waals surface area contributed by atoms with Crippen LogP contribution >= 0.6 is 0 Å². The van der Waals surface area contributed by atoms with Gasteiger partial charge < -0.3 is 10.4 Å². The number of hydrogen-bond donors (Lipinski definition) is 2. The van der Waals surface area contributed by atoms with Crippen LogP contribution in [0.15, 0.2) is 48.7 Å². The van der Waals surface area contributed by atoms with Gasteiger partial charge in [-0.3, -0.25) is 4.79 Å². The summed E-state index contributed by atoms with van der Waals surface area (Å²) >= 11 is 0. The number of carbonyl (C=O) groups excluding carboxylic acids is 1. The Morgan fingerprint density at radius 1 is 1.12 bits per heavy atom. The molecule has 82 valence electrons. The van der Waals surface area contributed by atoms with Crippen LogP contribution in [0.1, 0.15) is 5.56 Å². The van der Waals surface area contributed by atoms with Gasteiger partial charge in [-0.2, -0.15) is 0 Å². The molecule has 0 unspecified atom stereocenters. The van der Waals surface area contributed by atoms with Crippen molar-refractivity contribution in [3.63, 3.8) is 0 Å². The van der Waals surface area contributed by atoms with E-state index in [1.807, 2.05) is 30.3 Å². The van der Waals surface area contributed by atoms with Crippen molar-refractivity contribution in [2.24, 2.45) is 0 Å². The average molecular weight is 217 g/mol. The van der Waals surface area contributed by atoms with Gasteiger partial charge in [0.2, 0.25) is 5.91 Å². The van der Waals surface area contributed by atoms with Gasteiger partial charge >= 0.3 is 5.97 Å². The average Bonchev–Trinajstić information content (AvgIpc) is 2.28. The van der Waals surface area contributed by atoms with E-state index in [1.54, 1.807) is 6.08 Å². The second-order valence-corrected chi connectivity index (χ2v) is 2.92. The Labute approximate surface area is 92.9 Å². The summed E-state index contributed by atoms with van der Waals surface area (Å²) in [6, 6.07) is 9.43. The molecule has 2 N–H and O–H groups in total. The van der Waals surface area contributed by atoms with Crippen molar-refractivity contribution in [2.75, 3.05) is 0 Å². The monoisotopic (exact) mass is 217 g/mol. The number of rotatable bonds is 4. The highest BCUT2D eigenvalue weighted by Crippen LogP contribution is 1.99. The third kappa shape index (κ3) is 4.76. The van der Waals surface area contributed by atoms with Gasteiger partial charge in [0.15, 0.2) is 0 Å².